The van der Waals surface area contributed by atoms with Gasteiger partial charge in [0, 0.05) is 31.9 Å². The summed E-state index contributed by atoms with van der Waals surface area (Å²) in [5.74, 6) is 0. The van der Waals surface area contributed by atoms with Crippen LogP contribution in [0.3, 0.4) is 0 Å². The van der Waals surface area contributed by atoms with Gasteiger partial charge in [-0.3, -0.25) is 9.58 Å². The molecule has 1 aliphatic heterocycles. The van der Waals surface area contributed by atoms with Crippen LogP contribution in [0, 0.1) is 0 Å². The quantitative estimate of drug-likeness (QED) is 0.866. The van der Waals surface area contributed by atoms with E-state index < -0.39 is 10.0 Å². The minimum absolute atomic E-state index is 0.0917. The van der Waals surface area contributed by atoms with E-state index in [0.29, 0.717) is 12.6 Å². The highest BCUT2D eigenvalue weighted by atomic mass is 32.2. The summed E-state index contributed by atoms with van der Waals surface area (Å²) in [6, 6.07) is 2.79. The predicted molar refractivity (Wildman–Crippen MR) is 72.2 cm³/mol. The number of hydrogen-bond donors (Lipinski definition) is 1. The van der Waals surface area contributed by atoms with Gasteiger partial charge in [0.25, 0.3) is 0 Å². The Morgan fingerprint density at radius 1 is 1.47 bits per heavy atom. The van der Waals surface area contributed by atoms with Gasteiger partial charge in [0.2, 0.25) is 10.0 Å². The van der Waals surface area contributed by atoms with Crippen LogP contribution in [0.2, 0.25) is 0 Å². The van der Waals surface area contributed by atoms with Crippen molar-refractivity contribution in [2.75, 3.05) is 19.3 Å². The van der Waals surface area contributed by atoms with E-state index in [1.54, 1.807) is 6.20 Å². The number of sulfonamides is 1. The average Bonchev–Trinajstić information content (AvgIpc) is 2.70. The van der Waals surface area contributed by atoms with Gasteiger partial charge in [0.15, 0.2) is 0 Å². The van der Waals surface area contributed by atoms with Crippen molar-refractivity contribution in [2.24, 2.45) is 0 Å². The molecule has 0 saturated heterocycles. The van der Waals surface area contributed by atoms with Crippen LogP contribution >= 0.6 is 0 Å². The summed E-state index contributed by atoms with van der Waals surface area (Å²) in [6.45, 7) is 2.22. The first kappa shape index (κ1) is 13.1. The lowest BCUT2D eigenvalue weighted by Crippen LogP contribution is -2.48. The van der Waals surface area contributed by atoms with Crippen LogP contribution in [0.1, 0.15) is 31.0 Å². The molecule has 1 fully saturated rings. The molecular weight excluding hydrogens is 264 g/mol. The molecular formula is C12H20N4O2S. The number of rotatable bonds is 4. The molecule has 1 N–H and O–H groups in total. The lowest BCUT2D eigenvalue weighted by molar-refractivity contribution is 0.0763. The molecule has 1 aromatic rings. The smallest absolute Gasteiger partial charge is 0.208 e. The van der Waals surface area contributed by atoms with E-state index >= 15 is 0 Å². The third kappa shape index (κ3) is 2.82. The Labute approximate surface area is 113 Å². The van der Waals surface area contributed by atoms with Crippen molar-refractivity contribution in [2.45, 2.75) is 37.9 Å². The van der Waals surface area contributed by atoms with E-state index in [4.69, 9.17) is 0 Å². The summed E-state index contributed by atoms with van der Waals surface area (Å²) in [5, 5.41) is 4.33. The van der Waals surface area contributed by atoms with Gasteiger partial charge < -0.3 is 0 Å². The molecule has 1 aliphatic carbocycles. The van der Waals surface area contributed by atoms with Crippen molar-refractivity contribution >= 4 is 10.0 Å². The summed E-state index contributed by atoms with van der Waals surface area (Å²) >= 11 is 0. The zero-order chi connectivity index (χ0) is 13.5. The van der Waals surface area contributed by atoms with Gasteiger partial charge in [-0.2, -0.15) is 5.10 Å². The Kier molecular flexibility index (Phi) is 3.36. The normalized spacial score (nSPS) is 25.0. The molecule has 0 amide bonds. The zero-order valence-electron chi connectivity index (χ0n) is 11.1. The summed E-state index contributed by atoms with van der Waals surface area (Å²) < 4.78 is 27.1. The van der Waals surface area contributed by atoms with E-state index in [2.05, 4.69) is 14.7 Å². The molecule has 2 aliphatic rings. The van der Waals surface area contributed by atoms with Crippen LogP contribution < -0.4 is 4.72 Å². The molecule has 0 aromatic carbocycles. The van der Waals surface area contributed by atoms with E-state index in [0.717, 1.165) is 13.1 Å². The second-order valence-electron chi connectivity index (χ2n) is 5.56. The van der Waals surface area contributed by atoms with Gasteiger partial charge in [-0.1, -0.05) is 6.42 Å². The number of aromatic nitrogens is 2. The maximum absolute atomic E-state index is 11.3. The van der Waals surface area contributed by atoms with Crippen molar-refractivity contribution < 1.29 is 8.42 Å². The monoisotopic (exact) mass is 284 g/mol. The van der Waals surface area contributed by atoms with Crippen molar-refractivity contribution in [1.82, 2.24) is 19.4 Å². The zero-order valence-corrected chi connectivity index (χ0v) is 11.9. The average molecular weight is 284 g/mol. The number of nitrogens with one attached hydrogen (secondary N) is 1. The van der Waals surface area contributed by atoms with E-state index in [1.807, 2.05) is 10.7 Å². The van der Waals surface area contributed by atoms with Gasteiger partial charge >= 0.3 is 0 Å². The van der Waals surface area contributed by atoms with Crippen LogP contribution in [-0.4, -0.2) is 48.5 Å². The van der Waals surface area contributed by atoms with Gasteiger partial charge in [0.1, 0.15) is 0 Å². The third-order valence-electron chi connectivity index (χ3n) is 4.08. The first-order valence-electron chi connectivity index (χ1n) is 6.74. The Bertz CT molecular complexity index is 550. The van der Waals surface area contributed by atoms with Crippen molar-refractivity contribution in [1.29, 1.82) is 0 Å². The maximum Gasteiger partial charge on any atom is 0.208 e. The van der Waals surface area contributed by atoms with Gasteiger partial charge in [-0.05, 0) is 18.9 Å². The molecule has 1 aromatic heterocycles. The molecule has 6 nitrogen and oxygen atoms in total. The fourth-order valence-electron chi connectivity index (χ4n) is 2.84. The first-order chi connectivity index (χ1) is 9.03. The van der Waals surface area contributed by atoms with Crippen molar-refractivity contribution in [3.8, 4) is 0 Å². The summed E-state index contributed by atoms with van der Waals surface area (Å²) in [5.41, 5.74) is 1.18. The third-order valence-corrected chi connectivity index (χ3v) is 4.77. The van der Waals surface area contributed by atoms with E-state index in [1.165, 1.54) is 31.2 Å². The minimum atomic E-state index is -3.15. The molecule has 106 valence electrons. The highest BCUT2D eigenvalue weighted by Crippen LogP contribution is 2.30. The minimum Gasteiger partial charge on any atom is -0.292 e. The lowest BCUT2D eigenvalue weighted by Gasteiger charge is -2.42. The lowest BCUT2D eigenvalue weighted by atomic mass is 9.90. The Hall–Kier alpha value is -0.920. The highest BCUT2D eigenvalue weighted by molar-refractivity contribution is 7.88. The molecule has 3 rings (SSSR count). The number of nitrogens with zero attached hydrogens (tertiary/aromatic N) is 3. The van der Waals surface area contributed by atoms with Gasteiger partial charge in [-0.15, -0.1) is 0 Å². The molecule has 0 unspecified atom stereocenters. The fraction of sp³-hybridized carbons (Fsp3) is 0.750. The number of hydrogen-bond acceptors (Lipinski definition) is 4. The number of fused-ring (bicyclic) bond motifs is 1. The molecule has 0 radical (unpaired) electrons. The van der Waals surface area contributed by atoms with Crippen molar-refractivity contribution in [3.63, 3.8) is 0 Å². The summed E-state index contributed by atoms with van der Waals surface area (Å²) in [4.78, 5) is 2.47. The van der Waals surface area contributed by atoms with Gasteiger partial charge in [-0.25, -0.2) is 13.1 Å². The summed E-state index contributed by atoms with van der Waals surface area (Å²) in [6.07, 6.45) is 6.84. The van der Waals surface area contributed by atoms with Crippen LogP contribution in [0.5, 0.6) is 0 Å². The Morgan fingerprint density at radius 2 is 2.26 bits per heavy atom. The Morgan fingerprint density at radius 3 is 2.89 bits per heavy atom. The van der Waals surface area contributed by atoms with E-state index in [9.17, 15) is 8.42 Å². The van der Waals surface area contributed by atoms with Gasteiger partial charge in [0.05, 0.1) is 18.0 Å². The second kappa shape index (κ2) is 4.88. The van der Waals surface area contributed by atoms with Crippen LogP contribution in [0.15, 0.2) is 12.3 Å². The van der Waals surface area contributed by atoms with Crippen LogP contribution in [-0.2, 0) is 16.6 Å². The molecule has 1 saturated carbocycles. The Balaban J connectivity index is 1.74. The standard InChI is InChI=1S/C12H20N4O2S/c1-19(17,18)14-7-12-9-15(10-3-2-4-10)8-11-5-6-13-16(11)12/h5-6,10,12,14H,2-4,7-9H2,1H3/t12-/m1/s1. The molecule has 2 heterocycles. The molecule has 19 heavy (non-hydrogen) atoms. The SMILES string of the molecule is CS(=O)(=O)NC[C@@H]1CN(C2CCC2)Cc2ccnn21. The summed E-state index contributed by atoms with van der Waals surface area (Å²) in [7, 11) is -3.15. The molecule has 7 heteroatoms. The second-order valence-corrected chi connectivity index (χ2v) is 7.39. The molecule has 0 spiro atoms. The van der Waals surface area contributed by atoms with Crippen LogP contribution in [0.4, 0.5) is 0 Å². The maximum atomic E-state index is 11.3. The largest absolute Gasteiger partial charge is 0.292 e. The van der Waals surface area contributed by atoms with E-state index in [-0.39, 0.29) is 6.04 Å². The molecule has 0 bridgehead atoms. The topological polar surface area (TPSA) is 67.2 Å². The molecule has 1 atom stereocenters. The highest BCUT2D eigenvalue weighted by Gasteiger charge is 2.32. The first-order valence-corrected chi connectivity index (χ1v) is 8.63. The van der Waals surface area contributed by atoms with Crippen molar-refractivity contribution in [3.05, 3.63) is 18.0 Å². The fourth-order valence-corrected chi connectivity index (χ4v) is 3.34. The van der Waals surface area contributed by atoms with Crippen LogP contribution in [0.25, 0.3) is 0 Å². The predicted octanol–water partition coefficient (Wildman–Crippen LogP) is 0.341.